The number of benzene rings is 1. The number of furan rings is 1. The highest BCUT2D eigenvalue weighted by atomic mass is 35.5. The summed E-state index contributed by atoms with van der Waals surface area (Å²) in [5.74, 6) is 0.240. The van der Waals surface area contributed by atoms with Crippen LogP contribution in [0.2, 0.25) is 5.02 Å². The lowest BCUT2D eigenvalue weighted by atomic mass is 10.0. The maximum Gasteiger partial charge on any atom is 0.251 e. The van der Waals surface area contributed by atoms with Crippen LogP contribution in [0.15, 0.2) is 39.8 Å². The number of hydrogen-bond acceptors (Lipinski definition) is 4. The number of hydrogen-bond donors (Lipinski definition) is 1. The van der Waals surface area contributed by atoms with E-state index in [1.54, 1.807) is 25.3 Å². The third-order valence-electron chi connectivity index (χ3n) is 4.70. The summed E-state index contributed by atoms with van der Waals surface area (Å²) < 4.78 is 33.8. The van der Waals surface area contributed by atoms with Crippen molar-refractivity contribution in [3.05, 3.63) is 52.4 Å². The van der Waals surface area contributed by atoms with Crippen LogP contribution in [0.5, 0.6) is 0 Å². The zero-order chi connectivity index (χ0) is 18.9. The van der Waals surface area contributed by atoms with Gasteiger partial charge in [0.1, 0.15) is 5.76 Å². The standard InChI is InChI=1S/C18H21ClN2O4S/c1-12-14(19)10-13(18(22)20-2)11-17(12)26(23,24)21-8-4-3-6-15(21)16-7-5-9-25-16/h5,7,9-11,15H,3-4,6,8H2,1-2H3,(H,20,22). The molecule has 8 heteroatoms. The maximum absolute atomic E-state index is 13.4. The summed E-state index contributed by atoms with van der Waals surface area (Å²) in [7, 11) is -2.36. The van der Waals surface area contributed by atoms with E-state index in [2.05, 4.69) is 5.32 Å². The quantitative estimate of drug-likeness (QED) is 0.857. The Balaban J connectivity index is 2.09. The van der Waals surface area contributed by atoms with Gasteiger partial charge in [-0.25, -0.2) is 8.42 Å². The van der Waals surface area contributed by atoms with Crippen molar-refractivity contribution in [2.45, 2.75) is 37.1 Å². The first kappa shape index (κ1) is 18.9. The summed E-state index contributed by atoms with van der Waals surface area (Å²) >= 11 is 6.22. The fraction of sp³-hybridized carbons (Fsp3) is 0.389. The second-order valence-corrected chi connectivity index (χ2v) is 8.57. The SMILES string of the molecule is CNC(=O)c1cc(Cl)c(C)c(S(=O)(=O)N2CCCCC2c2ccco2)c1. The Morgan fingerprint density at radius 2 is 2.12 bits per heavy atom. The normalized spacial score (nSPS) is 18.7. The van der Waals surface area contributed by atoms with Crippen LogP contribution >= 0.6 is 11.6 Å². The highest BCUT2D eigenvalue weighted by Gasteiger charge is 2.37. The molecular weight excluding hydrogens is 376 g/mol. The lowest BCUT2D eigenvalue weighted by Gasteiger charge is -2.34. The van der Waals surface area contributed by atoms with Crippen molar-refractivity contribution in [3.8, 4) is 0 Å². The Hall–Kier alpha value is -1.83. The molecule has 1 N–H and O–H groups in total. The number of rotatable bonds is 4. The summed E-state index contributed by atoms with van der Waals surface area (Å²) in [4.78, 5) is 12.0. The van der Waals surface area contributed by atoms with Gasteiger partial charge in [0.05, 0.1) is 17.2 Å². The van der Waals surface area contributed by atoms with Gasteiger partial charge in [-0.3, -0.25) is 4.79 Å². The predicted molar refractivity (Wildman–Crippen MR) is 98.8 cm³/mol. The van der Waals surface area contributed by atoms with Gasteiger partial charge in [-0.2, -0.15) is 4.31 Å². The third-order valence-corrected chi connectivity index (χ3v) is 7.12. The van der Waals surface area contributed by atoms with Crippen molar-refractivity contribution >= 4 is 27.5 Å². The Labute approximate surface area is 158 Å². The number of halogens is 1. The molecule has 6 nitrogen and oxygen atoms in total. The number of carbonyl (C=O) groups excluding carboxylic acids is 1. The van der Waals surface area contributed by atoms with E-state index in [9.17, 15) is 13.2 Å². The second kappa shape index (κ2) is 7.42. The molecule has 1 aliphatic heterocycles. The molecule has 140 valence electrons. The van der Waals surface area contributed by atoms with Crippen LogP contribution in [0.1, 0.15) is 47.0 Å². The van der Waals surface area contributed by atoms with E-state index in [4.69, 9.17) is 16.0 Å². The van der Waals surface area contributed by atoms with E-state index in [1.165, 1.54) is 23.5 Å². The number of amides is 1. The van der Waals surface area contributed by atoms with Gasteiger partial charge in [-0.15, -0.1) is 0 Å². The Morgan fingerprint density at radius 1 is 1.35 bits per heavy atom. The Bertz CT molecular complexity index is 910. The van der Waals surface area contributed by atoms with Crippen molar-refractivity contribution in [2.75, 3.05) is 13.6 Å². The minimum absolute atomic E-state index is 0.0575. The average molecular weight is 397 g/mol. The van der Waals surface area contributed by atoms with Gasteiger partial charge in [-0.05, 0) is 49.6 Å². The lowest BCUT2D eigenvalue weighted by molar-refractivity contribution is 0.0963. The molecule has 0 aliphatic carbocycles. The zero-order valence-corrected chi connectivity index (χ0v) is 16.2. The molecule has 0 saturated carbocycles. The molecule has 1 atom stereocenters. The van der Waals surface area contributed by atoms with E-state index in [-0.39, 0.29) is 27.4 Å². The van der Waals surface area contributed by atoms with Crippen LogP contribution in [-0.4, -0.2) is 32.2 Å². The number of nitrogens with zero attached hydrogens (tertiary/aromatic N) is 1. The van der Waals surface area contributed by atoms with Crippen LogP contribution in [0.3, 0.4) is 0 Å². The lowest BCUT2D eigenvalue weighted by Crippen LogP contribution is -2.38. The average Bonchev–Trinajstić information content (AvgIpc) is 3.17. The molecule has 2 heterocycles. The number of sulfonamides is 1. The molecule has 1 fully saturated rings. The fourth-order valence-electron chi connectivity index (χ4n) is 3.28. The number of nitrogens with one attached hydrogen (secondary N) is 1. The molecule has 1 saturated heterocycles. The van der Waals surface area contributed by atoms with Crippen LogP contribution < -0.4 is 5.32 Å². The first-order valence-corrected chi connectivity index (χ1v) is 10.3. The molecule has 26 heavy (non-hydrogen) atoms. The van der Waals surface area contributed by atoms with Gasteiger partial charge in [-0.1, -0.05) is 18.0 Å². The molecule has 2 aromatic rings. The van der Waals surface area contributed by atoms with Gasteiger partial charge < -0.3 is 9.73 Å². The van der Waals surface area contributed by atoms with E-state index in [0.717, 1.165) is 12.8 Å². The molecular formula is C18H21ClN2O4S. The second-order valence-electron chi connectivity index (χ2n) is 6.30. The predicted octanol–water partition coefficient (Wildman–Crippen LogP) is 3.52. The van der Waals surface area contributed by atoms with E-state index >= 15 is 0 Å². The Morgan fingerprint density at radius 3 is 2.77 bits per heavy atom. The van der Waals surface area contributed by atoms with Gasteiger partial charge in [0, 0.05) is 24.2 Å². The van der Waals surface area contributed by atoms with E-state index < -0.39 is 10.0 Å². The third kappa shape index (κ3) is 3.39. The minimum atomic E-state index is -3.85. The summed E-state index contributed by atoms with van der Waals surface area (Å²) in [6, 6.07) is 6.06. The molecule has 3 rings (SSSR count). The van der Waals surface area contributed by atoms with Crippen LogP contribution in [0.25, 0.3) is 0 Å². The molecule has 1 amide bonds. The largest absolute Gasteiger partial charge is 0.468 e. The summed E-state index contributed by atoms with van der Waals surface area (Å²) in [5.41, 5.74) is 0.649. The van der Waals surface area contributed by atoms with Crippen molar-refractivity contribution < 1.29 is 17.6 Å². The first-order chi connectivity index (χ1) is 12.4. The van der Waals surface area contributed by atoms with Crippen molar-refractivity contribution in [3.63, 3.8) is 0 Å². The molecule has 0 spiro atoms. The highest BCUT2D eigenvalue weighted by Crippen LogP contribution is 2.37. The molecule has 1 aromatic carbocycles. The Kier molecular flexibility index (Phi) is 5.41. The highest BCUT2D eigenvalue weighted by molar-refractivity contribution is 7.89. The van der Waals surface area contributed by atoms with Crippen LogP contribution in [0.4, 0.5) is 0 Å². The zero-order valence-electron chi connectivity index (χ0n) is 14.7. The molecule has 1 unspecified atom stereocenters. The van der Waals surface area contributed by atoms with Gasteiger partial charge in [0.15, 0.2) is 0 Å². The van der Waals surface area contributed by atoms with Gasteiger partial charge in [0.25, 0.3) is 5.91 Å². The number of carbonyl (C=O) groups is 1. The first-order valence-electron chi connectivity index (χ1n) is 8.43. The summed E-state index contributed by atoms with van der Waals surface area (Å²) in [6.07, 6.45) is 3.94. The van der Waals surface area contributed by atoms with Crippen LogP contribution in [0, 0.1) is 6.92 Å². The summed E-state index contributed by atoms with van der Waals surface area (Å²) in [6.45, 7) is 2.05. The number of piperidine rings is 1. The van der Waals surface area contributed by atoms with E-state index in [1.807, 2.05) is 0 Å². The fourth-order valence-corrected chi connectivity index (χ4v) is 5.50. The van der Waals surface area contributed by atoms with E-state index in [0.29, 0.717) is 24.3 Å². The molecule has 1 aliphatic rings. The monoisotopic (exact) mass is 396 g/mol. The summed E-state index contributed by atoms with van der Waals surface area (Å²) in [5, 5.41) is 2.74. The molecule has 0 radical (unpaired) electrons. The van der Waals surface area contributed by atoms with Gasteiger partial charge in [0.2, 0.25) is 10.0 Å². The van der Waals surface area contributed by atoms with Crippen molar-refractivity contribution in [1.29, 1.82) is 0 Å². The minimum Gasteiger partial charge on any atom is -0.468 e. The van der Waals surface area contributed by atoms with Crippen LogP contribution in [-0.2, 0) is 10.0 Å². The smallest absolute Gasteiger partial charge is 0.251 e. The molecule has 0 bridgehead atoms. The topological polar surface area (TPSA) is 79.6 Å². The van der Waals surface area contributed by atoms with Crippen molar-refractivity contribution in [1.82, 2.24) is 9.62 Å². The van der Waals surface area contributed by atoms with Gasteiger partial charge >= 0.3 is 0 Å². The van der Waals surface area contributed by atoms with Crippen molar-refractivity contribution in [2.24, 2.45) is 0 Å². The molecule has 1 aromatic heterocycles. The maximum atomic E-state index is 13.4.